The normalized spacial score (nSPS) is 16.8. The first-order valence-corrected chi connectivity index (χ1v) is 9.61. The molecule has 1 aliphatic carbocycles. The standard InChI is InChI=1S/C22H24N2O3/c25-20(9-6-14-27-17-7-2-1-3-8-17)23-16-10-11-19-18(15-16)22(21(26)24-19)12-4-5-13-22/h1-3,7-8,10-11,15H,4-6,9,12-14H2,(H,23,25)(H,24,26). The molecule has 27 heavy (non-hydrogen) atoms. The third-order valence-corrected chi connectivity index (χ3v) is 5.52. The number of rotatable bonds is 6. The van der Waals surface area contributed by atoms with Crippen LogP contribution in [0.3, 0.4) is 0 Å². The topological polar surface area (TPSA) is 67.4 Å². The fourth-order valence-corrected chi connectivity index (χ4v) is 4.13. The highest BCUT2D eigenvalue weighted by Crippen LogP contribution is 2.49. The summed E-state index contributed by atoms with van der Waals surface area (Å²) in [6.45, 7) is 0.503. The van der Waals surface area contributed by atoms with E-state index in [0.717, 1.165) is 48.4 Å². The van der Waals surface area contributed by atoms with Gasteiger partial charge in [-0.2, -0.15) is 0 Å². The van der Waals surface area contributed by atoms with Gasteiger partial charge in [-0.05, 0) is 55.2 Å². The zero-order valence-electron chi connectivity index (χ0n) is 15.3. The minimum absolute atomic E-state index is 0.0376. The zero-order valence-corrected chi connectivity index (χ0v) is 15.3. The van der Waals surface area contributed by atoms with Crippen LogP contribution in [0.25, 0.3) is 0 Å². The lowest BCUT2D eigenvalue weighted by atomic mass is 9.80. The van der Waals surface area contributed by atoms with Crippen LogP contribution in [0, 0.1) is 0 Å². The third kappa shape index (κ3) is 3.54. The van der Waals surface area contributed by atoms with Crippen LogP contribution in [-0.4, -0.2) is 18.4 Å². The smallest absolute Gasteiger partial charge is 0.235 e. The molecule has 0 bridgehead atoms. The molecule has 0 unspecified atom stereocenters. The molecule has 1 heterocycles. The van der Waals surface area contributed by atoms with E-state index in [1.54, 1.807) is 0 Å². The Hall–Kier alpha value is -2.82. The monoisotopic (exact) mass is 364 g/mol. The van der Waals surface area contributed by atoms with Gasteiger partial charge < -0.3 is 15.4 Å². The molecule has 1 spiro atoms. The Bertz CT molecular complexity index is 842. The van der Waals surface area contributed by atoms with Crippen molar-refractivity contribution >= 4 is 23.2 Å². The molecule has 1 aliphatic heterocycles. The number of carbonyl (C=O) groups excluding carboxylic acids is 2. The van der Waals surface area contributed by atoms with Gasteiger partial charge in [0, 0.05) is 17.8 Å². The molecule has 2 amide bonds. The number of amides is 2. The number of fused-ring (bicyclic) bond motifs is 2. The van der Waals surface area contributed by atoms with Gasteiger partial charge in [-0.25, -0.2) is 0 Å². The van der Waals surface area contributed by atoms with Gasteiger partial charge in [0.1, 0.15) is 5.75 Å². The third-order valence-electron chi connectivity index (χ3n) is 5.52. The van der Waals surface area contributed by atoms with Gasteiger partial charge in [0.2, 0.25) is 11.8 Å². The zero-order chi connectivity index (χ0) is 18.7. The second kappa shape index (κ2) is 7.43. The number of carbonyl (C=O) groups is 2. The average molecular weight is 364 g/mol. The van der Waals surface area contributed by atoms with E-state index in [0.29, 0.717) is 19.4 Å². The number of ether oxygens (including phenoxy) is 1. The molecule has 2 aromatic carbocycles. The molecule has 140 valence electrons. The Morgan fingerprint density at radius 1 is 1.11 bits per heavy atom. The summed E-state index contributed by atoms with van der Waals surface area (Å²) in [4.78, 5) is 24.7. The predicted octanol–water partition coefficient (Wildman–Crippen LogP) is 4.25. The van der Waals surface area contributed by atoms with Gasteiger partial charge in [0.05, 0.1) is 12.0 Å². The minimum atomic E-state index is -0.389. The summed E-state index contributed by atoms with van der Waals surface area (Å²) in [6, 6.07) is 15.3. The molecule has 5 nitrogen and oxygen atoms in total. The largest absolute Gasteiger partial charge is 0.494 e. The van der Waals surface area contributed by atoms with Crippen LogP contribution in [-0.2, 0) is 15.0 Å². The van der Waals surface area contributed by atoms with Crippen LogP contribution in [0.15, 0.2) is 48.5 Å². The van der Waals surface area contributed by atoms with E-state index in [1.165, 1.54) is 0 Å². The van der Waals surface area contributed by atoms with E-state index in [1.807, 2.05) is 48.5 Å². The summed E-state index contributed by atoms with van der Waals surface area (Å²) in [5.41, 5.74) is 2.29. The van der Waals surface area contributed by atoms with Crippen molar-refractivity contribution in [2.45, 2.75) is 43.9 Å². The minimum Gasteiger partial charge on any atom is -0.494 e. The maximum atomic E-state index is 12.5. The SMILES string of the molecule is O=C(CCCOc1ccccc1)Nc1ccc2c(c1)C1(CCCC1)C(=O)N2. The summed E-state index contributed by atoms with van der Waals surface area (Å²) < 4.78 is 5.62. The van der Waals surface area contributed by atoms with Crippen molar-refractivity contribution in [2.24, 2.45) is 0 Å². The first-order chi connectivity index (χ1) is 13.2. The lowest BCUT2D eigenvalue weighted by molar-refractivity contribution is -0.120. The fraction of sp³-hybridized carbons (Fsp3) is 0.364. The molecule has 1 fully saturated rings. The van der Waals surface area contributed by atoms with E-state index in [9.17, 15) is 9.59 Å². The molecule has 4 rings (SSSR count). The molecule has 1 saturated carbocycles. The highest BCUT2D eigenvalue weighted by Gasteiger charge is 2.48. The van der Waals surface area contributed by atoms with Crippen molar-refractivity contribution in [3.63, 3.8) is 0 Å². The van der Waals surface area contributed by atoms with E-state index in [-0.39, 0.29) is 17.2 Å². The molecule has 2 aromatic rings. The molecular formula is C22H24N2O3. The molecule has 0 atom stereocenters. The maximum Gasteiger partial charge on any atom is 0.235 e. The number of nitrogens with one attached hydrogen (secondary N) is 2. The Morgan fingerprint density at radius 2 is 1.89 bits per heavy atom. The number of hydrogen-bond acceptors (Lipinski definition) is 3. The number of benzene rings is 2. The van der Waals surface area contributed by atoms with Crippen LogP contribution in [0.5, 0.6) is 5.75 Å². The highest BCUT2D eigenvalue weighted by molar-refractivity contribution is 6.07. The van der Waals surface area contributed by atoms with Crippen molar-refractivity contribution in [3.05, 3.63) is 54.1 Å². The number of anilines is 2. The van der Waals surface area contributed by atoms with E-state index in [2.05, 4.69) is 10.6 Å². The first-order valence-electron chi connectivity index (χ1n) is 9.61. The molecule has 2 N–H and O–H groups in total. The predicted molar refractivity (Wildman–Crippen MR) is 105 cm³/mol. The van der Waals surface area contributed by atoms with Crippen LogP contribution in [0.4, 0.5) is 11.4 Å². The molecule has 5 heteroatoms. The summed E-state index contributed by atoms with van der Waals surface area (Å²) in [5.74, 6) is 0.886. The van der Waals surface area contributed by atoms with Crippen molar-refractivity contribution in [1.29, 1.82) is 0 Å². The number of hydrogen-bond donors (Lipinski definition) is 2. The second-order valence-electron chi connectivity index (χ2n) is 7.32. The van der Waals surface area contributed by atoms with Gasteiger partial charge in [-0.1, -0.05) is 31.0 Å². The molecule has 0 saturated heterocycles. The summed E-state index contributed by atoms with van der Waals surface area (Å²) in [5, 5.41) is 5.96. The van der Waals surface area contributed by atoms with Gasteiger partial charge in [-0.15, -0.1) is 0 Å². The van der Waals surface area contributed by atoms with Crippen LogP contribution in [0.1, 0.15) is 44.1 Å². The van der Waals surface area contributed by atoms with E-state index in [4.69, 9.17) is 4.74 Å². The molecule has 0 aromatic heterocycles. The summed E-state index contributed by atoms with van der Waals surface area (Å²) >= 11 is 0. The van der Waals surface area contributed by atoms with Gasteiger partial charge in [0.25, 0.3) is 0 Å². The fourth-order valence-electron chi connectivity index (χ4n) is 4.13. The van der Waals surface area contributed by atoms with Crippen molar-refractivity contribution in [3.8, 4) is 5.75 Å². The Morgan fingerprint density at radius 3 is 2.67 bits per heavy atom. The van der Waals surface area contributed by atoms with Gasteiger partial charge in [-0.3, -0.25) is 9.59 Å². The number of para-hydroxylation sites is 1. The molecule has 2 aliphatic rings. The van der Waals surface area contributed by atoms with E-state index >= 15 is 0 Å². The maximum absolute atomic E-state index is 12.5. The van der Waals surface area contributed by atoms with Crippen LogP contribution < -0.4 is 15.4 Å². The summed E-state index contributed by atoms with van der Waals surface area (Å²) in [7, 11) is 0. The van der Waals surface area contributed by atoms with Gasteiger partial charge in [0.15, 0.2) is 0 Å². The molecule has 0 radical (unpaired) electrons. The van der Waals surface area contributed by atoms with Crippen LogP contribution >= 0.6 is 0 Å². The average Bonchev–Trinajstić information content (AvgIpc) is 3.27. The van der Waals surface area contributed by atoms with Crippen molar-refractivity contribution in [1.82, 2.24) is 0 Å². The van der Waals surface area contributed by atoms with Gasteiger partial charge >= 0.3 is 0 Å². The van der Waals surface area contributed by atoms with E-state index < -0.39 is 0 Å². The Kier molecular flexibility index (Phi) is 4.84. The van der Waals surface area contributed by atoms with Crippen molar-refractivity contribution < 1.29 is 14.3 Å². The lowest BCUT2D eigenvalue weighted by Gasteiger charge is -2.21. The Balaban J connectivity index is 1.33. The van der Waals surface area contributed by atoms with Crippen molar-refractivity contribution in [2.75, 3.05) is 17.2 Å². The first kappa shape index (κ1) is 17.6. The Labute approximate surface area is 159 Å². The van der Waals surface area contributed by atoms with Crippen LogP contribution in [0.2, 0.25) is 0 Å². The quantitative estimate of drug-likeness (QED) is 0.753. The summed E-state index contributed by atoms with van der Waals surface area (Å²) in [6.07, 6.45) is 4.97. The highest BCUT2D eigenvalue weighted by atomic mass is 16.5. The molecular weight excluding hydrogens is 340 g/mol. The lowest BCUT2D eigenvalue weighted by Crippen LogP contribution is -2.31. The second-order valence-corrected chi connectivity index (χ2v) is 7.32.